The highest BCUT2D eigenvalue weighted by atomic mass is 35.5. The second-order valence-electron chi connectivity index (χ2n) is 5.58. The van der Waals surface area contributed by atoms with Crippen LogP contribution < -0.4 is 10.9 Å². The van der Waals surface area contributed by atoms with Crippen molar-refractivity contribution in [2.75, 3.05) is 11.9 Å². The van der Waals surface area contributed by atoms with Crippen LogP contribution in [0.2, 0.25) is 5.02 Å². The molecule has 5 nitrogen and oxygen atoms in total. The third kappa shape index (κ3) is 4.07. The SMILES string of the molecule is O=c1c(Cl)c(NCCc2ccc(CO)cc2)cnn1-c1ccccc1. The summed E-state index contributed by atoms with van der Waals surface area (Å²) in [5.41, 5.74) is 2.85. The maximum atomic E-state index is 12.4. The van der Waals surface area contributed by atoms with Crippen LogP contribution >= 0.6 is 11.6 Å². The number of halogens is 1. The number of para-hydroxylation sites is 1. The van der Waals surface area contributed by atoms with Crippen molar-refractivity contribution in [3.05, 3.63) is 87.3 Å². The van der Waals surface area contributed by atoms with E-state index < -0.39 is 0 Å². The normalized spacial score (nSPS) is 10.6. The van der Waals surface area contributed by atoms with Crippen molar-refractivity contribution < 1.29 is 5.11 Å². The van der Waals surface area contributed by atoms with Crippen molar-refractivity contribution in [3.8, 4) is 5.69 Å². The van der Waals surface area contributed by atoms with E-state index in [9.17, 15) is 4.79 Å². The zero-order chi connectivity index (χ0) is 17.6. The minimum atomic E-state index is -0.356. The topological polar surface area (TPSA) is 67.2 Å². The number of aromatic nitrogens is 2. The van der Waals surface area contributed by atoms with E-state index in [0.29, 0.717) is 17.9 Å². The van der Waals surface area contributed by atoms with Crippen molar-refractivity contribution in [2.45, 2.75) is 13.0 Å². The number of anilines is 1. The van der Waals surface area contributed by atoms with Gasteiger partial charge in [0.1, 0.15) is 5.02 Å². The molecule has 6 heteroatoms. The van der Waals surface area contributed by atoms with Gasteiger partial charge in [-0.2, -0.15) is 9.78 Å². The van der Waals surface area contributed by atoms with E-state index in [0.717, 1.165) is 17.5 Å². The average Bonchev–Trinajstić information content (AvgIpc) is 2.66. The molecule has 0 amide bonds. The Bertz CT molecular complexity index is 893. The molecule has 0 saturated carbocycles. The lowest BCUT2D eigenvalue weighted by Gasteiger charge is -2.10. The predicted molar refractivity (Wildman–Crippen MR) is 99.4 cm³/mol. The molecule has 0 fully saturated rings. The molecule has 3 rings (SSSR count). The van der Waals surface area contributed by atoms with Crippen molar-refractivity contribution in [1.82, 2.24) is 9.78 Å². The lowest BCUT2D eigenvalue weighted by atomic mass is 10.1. The highest BCUT2D eigenvalue weighted by Crippen LogP contribution is 2.16. The molecule has 2 aromatic carbocycles. The molecular weight excluding hydrogens is 338 g/mol. The molecule has 1 aromatic heterocycles. The van der Waals surface area contributed by atoms with Gasteiger partial charge in [-0.05, 0) is 29.7 Å². The average molecular weight is 356 g/mol. The predicted octanol–water partition coefficient (Wildman–Crippen LogP) is 3.03. The minimum Gasteiger partial charge on any atom is -0.392 e. The van der Waals surface area contributed by atoms with E-state index in [1.807, 2.05) is 42.5 Å². The fourth-order valence-corrected chi connectivity index (χ4v) is 2.66. The molecule has 3 aromatic rings. The first kappa shape index (κ1) is 17.2. The molecule has 0 unspecified atom stereocenters. The number of hydrogen-bond acceptors (Lipinski definition) is 4. The van der Waals surface area contributed by atoms with Gasteiger partial charge >= 0.3 is 0 Å². The first-order valence-corrected chi connectivity index (χ1v) is 8.32. The zero-order valence-corrected chi connectivity index (χ0v) is 14.3. The number of hydrogen-bond donors (Lipinski definition) is 2. The van der Waals surface area contributed by atoms with Gasteiger partial charge in [-0.15, -0.1) is 0 Å². The van der Waals surface area contributed by atoms with E-state index in [1.54, 1.807) is 18.3 Å². The Morgan fingerprint density at radius 3 is 2.40 bits per heavy atom. The van der Waals surface area contributed by atoms with Crippen LogP contribution in [0.4, 0.5) is 5.69 Å². The van der Waals surface area contributed by atoms with E-state index in [2.05, 4.69) is 10.4 Å². The number of aliphatic hydroxyl groups excluding tert-OH is 1. The summed E-state index contributed by atoms with van der Waals surface area (Å²) in [6.07, 6.45) is 2.33. The Labute approximate surface area is 150 Å². The largest absolute Gasteiger partial charge is 0.392 e. The summed E-state index contributed by atoms with van der Waals surface area (Å²) in [7, 11) is 0. The standard InChI is InChI=1S/C19H18ClN3O2/c20-18-17(21-11-10-14-6-8-15(13-24)9-7-14)12-22-23(19(18)25)16-4-2-1-3-5-16/h1-9,12,21,24H,10-11,13H2. The van der Waals surface area contributed by atoms with Crippen molar-refractivity contribution in [2.24, 2.45) is 0 Å². The van der Waals surface area contributed by atoms with Gasteiger partial charge in [0.2, 0.25) is 0 Å². The quantitative estimate of drug-likeness (QED) is 0.713. The Hall–Kier alpha value is -2.63. The lowest BCUT2D eigenvalue weighted by molar-refractivity contribution is 0.282. The van der Waals surface area contributed by atoms with E-state index in [-0.39, 0.29) is 17.2 Å². The van der Waals surface area contributed by atoms with Gasteiger partial charge in [0, 0.05) is 6.54 Å². The molecule has 25 heavy (non-hydrogen) atoms. The van der Waals surface area contributed by atoms with Crippen LogP contribution in [-0.2, 0) is 13.0 Å². The summed E-state index contributed by atoms with van der Waals surface area (Å²) in [4.78, 5) is 12.4. The summed E-state index contributed by atoms with van der Waals surface area (Å²) in [5.74, 6) is 0. The van der Waals surface area contributed by atoms with Crippen LogP contribution in [0.15, 0.2) is 65.6 Å². The van der Waals surface area contributed by atoms with E-state index in [1.165, 1.54) is 4.68 Å². The summed E-state index contributed by atoms with van der Waals surface area (Å²) >= 11 is 6.21. The van der Waals surface area contributed by atoms with Crippen molar-refractivity contribution >= 4 is 17.3 Å². The van der Waals surface area contributed by atoms with Gasteiger partial charge in [-0.1, -0.05) is 54.1 Å². The van der Waals surface area contributed by atoms with Crippen LogP contribution in [0, 0.1) is 0 Å². The fourth-order valence-electron chi connectivity index (χ4n) is 2.46. The maximum absolute atomic E-state index is 12.4. The smallest absolute Gasteiger partial charge is 0.292 e. The Morgan fingerprint density at radius 2 is 1.72 bits per heavy atom. The minimum absolute atomic E-state index is 0.0392. The molecule has 0 atom stereocenters. The summed E-state index contributed by atoms with van der Waals surface area (Å²) < 4.78 is 1.28. The molecular formula is C19H18ClN3O2. The molecule has 0 bridgehead atoms. The number of benzene rings is 2. The van der Waals surface area contributed by atoms with Crippen molar-refractivity contribution in [3.63, 3.8) is 0 Å². The first-order chi connectivity index (χ1) is 12.2. The summed E-state index contributed by atoms with van der Waals surface area (Å²) in [6, 6.07) is 16.9. The summed E-state index contributed by atoms with van der Waals surface area (Å²) in [5, 5.41) is 16.5. The van der Waals surface area contributed by atoms with Gasteiger partial charge in [0.25, 0.3) is 5.56 Å². The fraction of sp³-hybridized carbons (Fsp3) is 0.158. The van der Waals surface area contributed by atoms with E-state index >= 15 is 0 Å². The summed E-state index contributed by atoms with van der Waals surface area (Å²) in [6.45, 7) is 0.659. The lowest BCUT2D eigenvalue weighted by Crippen LogP contribution is -2.23. The second kappa shape index (κ2) is 7.96. The highest BCUT2D eigenvalue weighted by molar-refractivity contribution is 6.32. The van der Waals surface area contributed by atoms with Crippen LogP contribution in [0.1, 0.15) is 11.1 Å². The monoisotopic (exact) mass is 355 g/mol. The van der Waals surface area contributed by atoms with Crippen LogP contribution in [0.5, 0.6) is 0 Å². The Kier molecular flexibility index (Phi) is 5.48. The number of rotatable bonds is 6. The van der Waals surface area contributed by atoms with Crippen LogP contribution in [-0.4, -0.2) is 21.4 Å². The molecule has 0 saturated heterocycles. The second-order valence-corrected chi connectivity index (χ2v) is 5.95. The maximum Gasteiger partial charge on any atom is 0.292 e. The van der Waals surface area contributed by atoms with Gasteiger partial charge in [0.15, 0.2) is 0 Å². The number of nitrogens with one attached hydrogen (secondary N) is 1. The highest BCUT2D eigenvalue weighted by Gasteiger charge is 2.10. The molecule has 0 aliphatic heterocycles. The van der Waals surface area contributed by atoms with E-state index in [4.69, 9.17) is 16.7 Å². The van der Waals surface area contributed by atoms with Crippen LogP contribution in [0.25, 0.3) is 5.69 Å². The van der Waals surface area contributed by atoms with Gasteiger partial charge in [-0.3, -0.25) is 4.79 Å². The van der Waals surface area contributed by atoms with Crippen LogP contribution in [0.3, 0.4) is 0 Å². The Morgan fingerprint density at radius 1 is 1.04 bits per heavy atom. The van der Waals surface area contributed by atoms with Gasteiger partial charge in [0.05, 0.1) is 24.2 Å². The molecule has 0 aliphatic rings. The zero-order valence-electron chi connectivity index (χ0n) is 13.5. The number of nitrogens with zero attached hydrogens (tertiary/aromatic N) is 2. The number of aliphatic hydroxyl groups is 1. The molecule has 0 spiro atoms. The van der Waals surface area contributed by atoms with Gasteiger partial charge in [-0.25, -0.2) is 0 Å². The first-order valence-electron chi connectivity index (χ1n) is 7.95. The molecule has 0 radical (unpaired) electrons. The molecule has 1 heterocycles. The molecule has 0 aliphatic carbocycles. The Balaban J connectivity index is 1.69. The third-order valence-corrected chi connectivity index (χ3v) is 4.22. The van der Waals surface area contributed by atoms with Crippen molar-refractivity contribution in [1.29, 1.82) is 0 Å². The molecule has 2 N–H and O–H groups in total. The van der Waals surface area contributed by atoms with Gasteiger partial charge < -0.3 is 10.4 Å². The molecule has 128 valence electrons. The third-order valence-electron chi connectivity index (χ3n) is 3.85.